The zero-order valence-electron chi connectivity index (χ0n) is 17.8. The average molecular weight is 472 g/mol. The maximum Gasteiger partial charge on any atom is 0.335 e. The van der Waals surface area contributed by atoms with Crippen molar-refractivity contribution < 1.29 is 37.0 Å². The van der Waals surface area contributed by atoms with Crippen LogP contribution in [-0.4, -0.2) is 48.9 Å². The average Bonchev–Trinajstić information content (AvgIpc) is 2.78. The largest absolute Gasteiger partial charge is 1.00 e. The Labute approximate surface area is 195 Å². The Kier molecular flexibility index (Phi) is 7.10. The van der Waals surface area contributed by atoms with Gasteiger partial charge in [0.1, 0.15) is 5.57 Å². The van der Waals surface area contributed by atoms with E-state index in [0.717, 1.165) is 36.6 Å². The standard InChI is InChI=1S/C22H21N5O5.ClH/c1-14-2-4-16(5-3-14)26-21(29)18(20(28)24-22(26)30)13-15-12-17(27(31)32)6-7-19(15)25-10-8-23-9-11-25;/h2-7,12-13,23H,8-11H2,1H3,(H,24,28,30);1H/b18-13-;. The van der Waals surface area contributed by atoms with Crippen LogP contribution in [-0.2, 0) is 9.59 Å². The summed E-state index contributed by atoms with van der Waals surface area (Å²) < 4.78 is 0. The highest BCUT2D eigenvalue weighted by molar-refractivity contribution is 6.39. The Morgan fingerprint density at radius 1 is 1.06 bits per heavy atom. The van der Waals surface area contributed by atoms with E-state index in [1.807, 2.05) is 6.92 Å². The molecule has 0 saturated carbocycles. The molecule has 0 unspecified atom stereocenters. The van der Waals surface area contributed by atoms with Crippen LogP contribution < -0.4 is 32.8 Å². The molecule has 0 aromatic heterocycles. The van der Waals surface area contributed by atoms with Crippen LogP contribution in [0.3, 0.4) is 0 Å². The highest BCUT2D eigenvalue weighted by atomic mass is 35.5. The number of hydrogen-bond donors (Lipinski definition) is 2. The van der Waals surface area contributed by atoms with E-state index in [1.54, 1.807) is 30.3 Å². The fraction of sp³-hybridized carbons (Fsp3) is 0.227. The number of nitrogens with two attached hydrogens (primary N) is 1. The van der Waals surface area contributed by atoms with Crippen molar-refractivity contribution in [1.29, 1.82) is 0 Å². The second-order valence-corrected chi connectivity index (χ2v) is 7.65. The molecule has 2 aromatic rings. The Morgan fingerprint density at radius 3 is 2.36 bits per heavy atom. The van der Waals surface area contributed by atoms with Gasteiger partial charge < -0.3 is 22.6 Å². The van der Waals surface area contributed by atoms with Crippen molar-refractivity contribution in [2.24, 2.45) is 0 Å². The summed E-state index contributed by atoms with van der Waals surface area (Å²) in [5.74, 6) is -1.63. The zero-order valence-corrected chi connectivity index (χ0v) is 18.5. The molecule has 3 N–H and O–H groups in total. The predicted octanol–water partition coefficient (Wildman–Crippen LogP) is -2.04. The van der Waals surface area contributed by atoms with Gasteiger partial charge in [0, 0.05) is 23.4 Å². The summed E-state index contributed by atoms with van der Waals surface area (Å²) in [5.41, 5.74) is 1.91. The molecule has 10 nitrogen and oxygen atoms in total. The Morgan fingerprint density at radius 2 is 1.73 bits per heavy atom. The molecule has 0 spiro atoms. The van der Waals surface area contributed by atoms with E-state index in [0.29, 0.717) is 16.9 Å². The summed E-state index contributed by atoms with van der Waals surface area (Å²) in [4.78, 5) is 51.9. The van der Waals surface area contributed by atoms with Crippen LogP contribution in [0.5, 0.6) is 0 Å². The number of nitrogens with zero attached hydrogens (tertiary/aromatic N) is 3. The van der Waals surface area contributed by atoms with Crippen molar-refractivity contribution in [3.63, 3.8) is 0 Å². The maximum atomic E-state index is 13.2. The number of non-ortho nitro benzene ring substituents is 1. The number of urea groups is 1. The molecule has 2 heterocycles. The van der Waals surface area contributed by atoms with Crippen molar-refractivity contribution in [2.45, 2.75) is 6.92 Å². The molecule has 4 amide bonds. The van der Waals surface area contributed by atoms with Crippen LogP contribution in [0.25, 0.3) is 6.08 Å². The number of carbonyl (C=O) groups is 3. The SMILES string of the molecule is Cc1ccc(N2C(=O)NC(=O)/C(=C/c3cc([N+](=O)[O-])ccc3N3CC[NH2+]CC3)C2=O)cc1.[Cl-]. The quantitative estimate of drug-likeness (QED) is 0.229. The number of nitro groups is 1. The number of nitrogens with one attached hydrogen (secondary N) is 1. The Balaban J connectivity index is 0.00000306. The van der Waals surface area contributed by atoms with Gasteiger partial charge in [-0.15, -0.1) is 0 Å². The highest BCUT2D eigenvalue weighted by Crippen LogP contribution is 2.29. The van der Waals surface area contributed by atoms with Gasteiger partial charge in [0.25, 0.3) is 17.5 Å². The van der Waals surface area contributed by atoms with Crippen molar-refractivity contribution in [3.05, 3.63) is 69.3 Å². The zero-order chi connectivity index (χ0) is 22.8. The monoisotopic (exact) mass is 471 g/mol. The Bertz CT molecular complexity index is 1140. The third kappa shape index (κ3) is 4.86. The van der Waals surface area contributed by atoms with Crippen LogP contribution in [0.15, 0.2) is 48.0 Å². The van der Waals surface area contributed by atoms with Crippen LogP contribution in [0.1, 0.15) is 11.1 Å². The lowest BCUT2D eigenvalue weighted by Crippen LogP contribution is -3.00. The summed E-state index contributed by atoms with van der Waals surface area (Å²) in [6, 6.07) is 10.3. The lowest BCUT2D eigenvalue weighted by Gasteiger charge is -2.29. The number of benzene rings is 2. The number of rotatable bonds is 4. The van der Waals surface area contributed by atoms with E-state index < -0.39 is 22.8 Å². The molecular weight excluding hydrogens is 450 g/mol. The van der Waals surface area contributed by atoms with E-state index in [-0.39, 0.29) is 23.7 Å². The number of amides is 4. The summed E-state index contributed by atoms with van der Waals surface area (Å²) in [6.45, 7) is 5.05. The number of aryl methyl sites for hydroxylation is 1. The number of nitro benzene ring substituents is 1. The van der Waals surface area contributed by atoms with Crippen LogP contribution in [0.4, 0.5) is 21.9 Å². The number of halogens is 1. The van der Waals surface area contributed by atoms with Gasteiger partial charge in [0.15, 0.2) is 0 Å². The van der Waals surface area contributed by atoms with E-state index in [1.165, 1.54) is 18.2 Å². The fourth-order valence-electron chi connectivity index (χ4n) is 3.79. The van der Waals surface area contributed by atoms with Crippen LogP contribution in [0.2, 0.25) is 0 Å². The van der Waals surface area contributed by atoms with Gasteiger partial charge in [0.2, 0.25) is 0 Å². The predicted molar refractivity (Wildman–Crippen MR) is 117 cm³/mol. The molecule has 4 rings (SSSR count). The lowest BCUT2D eigenvalue weighted by molar-refractivity contribution is -0.655. The van der Waals surface area contributed by atoms with Crippen molar-refractivity contribution in [3.8, 4) is 0 Å². The molecule has 11 heteroatoms. The van der Waals surface area contributed by atoms with Crippen molar-refractivity contribution >= 4 is 41.0 Å². The molecule has 0 bridgehead atoms. The van der Waals surface area contributed by atoms with Gasteiger partial charge in [-0.3, -0.25) is 25.0 Å². The van der Waals surface area contributed by atoms with Crippen molar-refractivity contribution in [1.82, 2.24) is 5.32 Å². The number of imide groups is 2. The second-order valence-electron chi connectivity index (χ2n) is 7.65. The van der Waals surface area contributed by atoms with E-state index in [4.69, 9.17) is 0 Å². The minimum atomic E-state index is -0.841. The van der Waals surface area contributed by atoms with E-state index >= 15 is 0 Å². The molecule has 0 atom stereocenters. The Hall–Kier alpha value is -3.76. The van der Waals surface area contributed by atoms with Crippen LogP contribution >= 0.6 is 0 Å². The molecule has 2 fully saturated rings. The third-order valence-electron chi connectivity index (χ3n) is 5.46. The number of piperazine rings is 1. The number of carbonyl (C=O) groups excluding carboxylic acids is 3. The summed E-state index contributed by atoms with van der Waals surface area (Å²) in [5, 5.41) is 15.7. The molecule has 2 saturated heterocycles. The van der Waals surface area contributed by atoms with Crippen molar-refractivity contribution in [2.75, 3.05) is 36.0 Å². The topological polar surface area (TPSA) is 129 Å². The molecule has 2 aromatic carbocycles. The molecule has 2 aliphatic rings. The molecule has 0 aliphatic carbocycles. The van der Waals surface area contributed by atoms with Gasteiger partial charge >= 0.3 is 6.03 Å². The lowest BCUT2D eigenvalue weighted by atomic mass is 10.0. The van der Waals surface area contributed by atoms with E-state index in [2.05, 4.69) is 15.5 Å². The minimum Gasteiger partial charge on any atom is -1.00 e. The number of barbiturate groups is 1. The molecular formula is C22H22ClN5O5. The van der Waals surface area contributed by atoms with Gasteiger partial charge in [-0.1, -0.05) is 17.7 Å². The number of anilines is 2. The van der Waals surface area contributed by atoms with E-state index in [9.17, 15) is 24.5 Å². The first-order chi connectivity index (χ1) is 15.3. The number of hydrogen-bond acceptors (Lipinski definition) is 6. The molecule has 172 valence electrons. The van der Waals surface area contributed by atoms with Gasteiger partial charge in [-0.05, 0) is 31.2 Å². The number of quaternary nitrogens is 1. The second kappa shape index (κ2) is 9.80. The smallest absolute Gasteiger partial charge is 0.335 e. The van der Waals surface area contributed by atoms with Gasteiger partial charge in [-0.2, -0.15) is 0 Å². The van der Waals surface area contributed by atoms with Crippen LogP contribution in [0, 0.1) is 17.0 Å². The molecule has 33 heavy (non-hydrogen) atoms. The molecule has 2 aliphatic heterocycles. The first kappa shape index (κ1) is 23.9. The summed E-state index contributed by atoms with van der Waals surface area (Å²) in [7, 11) is 0. The van der Waals surface area contributed by atoms with Gasteiger partial charge in [-0.25, -0.2) is 9.69 Å². The third-order valence-corrected chi connectivity index (χ3v) is 5.46. The molecule has 0 radical (unpaired) electrons. The fourth-order valence-corrected chi connectivity index (χ4v) is 3.79. The summed E-state index contributed by atoms with van der Waals surface area (Å²) in [6.07, 6.45) is 1.33. The normalized spacial score (nSPS) is 17.6. The highest BCUT2D eigenvalue weighted by Gasteiger charge is 2.37. The maximum absolute atomic E-state index is 13.2. The summed E-state index contributed by atoms with van der Waals surface area (Å²) >= 11 is 0. The van der Waals surface area contributed by atoms with Gasteiger partial charge in [0.05, 0.1) is 36.8 Å². The first-order valence-electron chi connectivity index (χ1n) is 10.2. The minimum absolute atomic E-state index is 0. The first-order valence-corrected chi connectivity index (χ1v) is 10.2.